The molecule has 0 aliphatic heterocycles. The summed E-state index contributed by atoms with van der Waals surface area (Å²) < 4.78 is -1.72. The van der Waals surface area contributed by atoms with E-state index in [1.807, 2.05) is 49.4 Å². The van der Waals surface area contributed by atoms with Gasteiger partial charge in [-0.1, -0.05) is 70.7 Å². The predicted molar refractivity (Wildman–Crippen MR) is 97.5 cm³/mol. The number of urea groups is 1. The van der Waals surface area contributed by atoms with Crippen molar-refractivity contribution in [3.8, 4) is 0 Å². The van der Waals surface area contributed by atoms with E-state index < -0.39 is 16.0 Å². The molecule has 2 aromatic carbocycles. The normalized spacial score (nSPS) is 12.3. The van der Waals surface area contributed by atoms with Gasteiger partial charge in [0.1, 0.15) is 6.17 Å². The zero-order valence-corrected chi connectivity index (χ0v) is 14.6. The molecule has 0 unspecified atom stereocenters. The highest BCUT2D eigenvalue weighted by Gasteiger charge is 2.34. The number of nitrogens with one attached hydrogen (secondary N) is 3. The van der Waals surface area contributed by atoms with Gasteiger partial charge in [0.2, 0.25) is 3.79 Å². The molecular formula is C16H16Cl3N3O. The Balaban J connectivity index is 2.04. The van der Waals surface area contributed by atoms with E-state index in [1.165, 1.54) is 0 Å². The van der Waals surface area contributed by atoms with Gasteiger partial charge in [-0.3, -0.25) is 0 Å². The number of para-hydroxylation sites is 1. The number of carbonyl (C=O) groups is 1. The molecular weight excluding hydrogens is 357 g/mol. The second-order valence-corrected chi connectivity index (χ2v) is 7.32. The molecule has 7 heteroatoms. The average Bonchev–Trinajstić information content (AvgIpc) is 2.49. The summed E-state index contributed by atoms with van der Waals surface area (Å²) in [4.78, 5) is 12.1. The Morgan fingerprint density at radius 3 is 2.13 bits per heavy atom. The Labute approximate surface area is 150 Å². The minimum absolute atomic E-state index is 0.480. The number of hydrogen-bond donors (Lipinski definition) is 3. The summed E-state index contributed by atoms with van der Waals surface area (Å²) in [6.45, 7) is 1.97. The lowest BCUT2D eigenvalue weighted by Gasteiger charge is -2.27. The molecule has 0 bridgehead atoms. The van der Waals surface area contributed by atoms with Crippen molar-refractivity contribution < 1.29 is 4.79 Å². The van der Waals surface area contributed by atoms with Gasteiger partial charge in [-0.25, -0.2) is 4.79 Å². The first-order chi connectivity index (χ1) is 10.8. The number of carbonyl (C=O) groups excluding carboxylic acids is 1. The average molecular weight is 373 g/mol. The summed E-state index contributed by atoms with van der Waals surface area (Å²) in [5, 5.41) is 8.28. The van der Waals surface area contributed by atoms with Gasteiger partial charge in [0, 0.05) is 11.4 Å². The SMILES string of the molecule is Cc1ccc(N[C@H](NC(=O)Nc2ccccc2)C(Cl)(Cl)Cl)cc1. The molecule has 4 nitrogen and oxygen atoms in total. The van der Waals surface area contributed by atoms with Crippen LogP contribution in [0.15, 0.2) is 54.6 Å². The maximum Gasteiger partial charge on any atom is 0.320 e. The fourth-order valence-corrected chi connectivity index (χ4v) is 2.16. The van der Waals surface area contributed by atoms with Gasteiger partial charge in [0.25, 0.3) is 0 Å². The van der Waals surface area contributed by atoms with Crippen LogP contribution in [0, 0.1) is 6.92 Å². The number of halogens is 3. The van der Waals surface area contributed by atoms with E-state index in [1.54, 1.807) is 12.1 Å². The molecule has 0 spiro atoms. The van der Waals surface area contributed by atoms with Crippen LogP contribution in [-0.2, 0) is 0 Å². The van der Waals surface area contributed by atoms with Gasteiger partial charge in [-0.2, -0.15) is 0 Å². The first-order valence-electron chi connectivity index (χ1n) is 6.87. The second kappa shape index (κ2) is 7.77. The van der Waals surface area contributed by atoms with Crippen LogP contribution in [0.1, 0.15) is 5.56 Å². The fourth-order valence-electron chi connectivity index (χ4n) is 1.84. The van der Waals surface area contributed by atoms with Crippen molar-refractivity contribution in [1.29, 1.82) is 0 Å². The molecule has 3 N–H and O–H groups in total. The fraction of sp³-hybridized carbons (Fsp3) is 0.188. The predicted octanol–water partition coefficient (Wildman–Crippen LogP) is 4.92. The summed E-state index contributed by atoms with van der Waals surface area (Å²) in [5.74, 6) is 0. The lowest BCUT2D eigenvalue weighted by atomic mass is 10.2. The summed E-state index contributed by atoms with van der Waals surface area (Å²) >= 11 is 17.9. The molecule has 0 saturated heterocycles. The first kappa shape index (κ1) is 17.7. The Kier molecular flexibility index (Phi) is 5.99. The molecule has 0 saturated carbocycles. The highest BCUT2D eigenvalue weighted by atomic mass is 35.6. The van der Waals surface area contributed by atoms with Crippen LogP contribution >= 0.6 is 34.8 Å². The molecule has 122 valence electrons. The summed E-state index contributed by atoms with van der Waals surface area (Å²) in [6, 6.07) is 16.0. The number of hydrogen-bond acceptors (Lipinski definition) is 2. The van der Waals surface area contributed by atoms with E-state index >= 15 is 0 Å². The van der Waals surface area contributed by atoms with E-state index in [2.05, 4.69) is 16.0 Å². The van der Waals surface area contributed by atoms with E-state index in [-0.39, 0.29) is 0 Å². The molecule has 0 fully saturated rings. The topological polar surface area (TPSA) is 53.2 Å². The zero-order chi connectivity index (χ0) is 16.9. The number of benzene rings is 2. The number of aryl methyl sites for hydroxylation is 1. The van der Waals surface area contributed by atoms with Gasteiger partial charge in [-0.05, 0) is 31.2 Å². The van der Waals surface area contributed by atoms with Crippen molar-refractivity contribution in [3.63, 3.8) is 0 Å². The van der Waals surface area contributed by atoms with Crippen molar-refractivity contribution >= 4 is 52.2 Å². The van der Waals surface area contributed by atoms with Crippen LogP contribution in [0.5, 0.6) is 0 Å². The summed E-state index contributed by atoms with van der Waals surface area (Å²) in [7, 11) is 0. The quantitative estimate of drug-likeness (QED) is 0.527. The molecule has 2 amide bonds. The van der Waals surface area contributed by atoms with Crippen LogP contribution in [0.2, 0.25) is 0 Å². The molecule has 0 radical (unpaired) electrons. The number of anilines is 2. The maximum absolute atomic E-state index is 12.1. The number of alkyl halides is 3. The summed E-state index contributed by atoms with van der Waals surface area (Å²) in [6.07, 6.45) is -0.904. The molecule has 2 rings (SSSR count). The van der Waals surface area contributed by atoms with Crippen LogP contribution in [-0.4, -0.2) is 16.0 Å². The molecule has 1 atom stereocenters. The van der Waals surface area contributed by atoms with Gasteiger partial charge in [-0.15, -0.1) is 0 Å². The smallest absolute Gasteiger partial charge is 0.320 e. The van der Waals surface area contributed by atoms with E-state index in [4.69, 9.17) is 34.8 Å². The third-order valence-corrected chi connectivity index (χ3v) is 3.65. The molecule has 0 aliphatic carbocycles. The molecule has 0 aliphatic rings. The molecule has 0 aromatic heterocycles. The summed E-state index contributed by atoms with van der Waals surface area (Å²) in [5.41, 5.74) is 2.48. The maximum atomic E-state index is 12.1. The van der Waals surface area contributed by atoms with Crippen molar-refractivity contribution in [2.24, 2.45) is 0 Å². The Morgan fingerprint density at radius 1 is 0.957 bits per heavy atom. The molecule has 23 heavy (non-hydrogen) atoms. The van der Waals surface area contributed by atoms with Crippen LogP contribution in [0.25, 0.3) is 0 Å². The van der Waals surface area contributed by atoms with Gasteiger partial charge in [0.05, 0.1) is 0 Å². The minimum atomic E-state index is -1.72. The minimum Gasteiger partial charge on any atom is -0.362 e. The first-order valence-corrected chi connectivity index (χ1v) is 8.00. The highest BCUT2D eigenvalue weighted by Crippen LogP contribution is 2.31. The molecule has 0 heterocycles. The van der Waals surface area contributed by atoms with Crippen molar-refractivity contribution in [2.75, 3.05) is 10.6 Å². The van der Waals surface area contributed by atoms with E-state index in [0.717, 1.165) is 11.3 Å². The highest BCUT2D eigenvalue weighted by molar-refractivity contribution is 6.68. The largest absolute Gasteiger partial charge is 0.362 e. The van der Waals surface area contributed by atoms with Crippen LogP contribution < -0.4 is 16.0 Å². The Bertz CT molecular complexity index is 642. The Morgan fingerprint density at radius 2 is 1.57 bits per heavy atom. The molecule has 2 aromatic rings. The van der Waals surface area contributed by atoms with Gasteiger partial charge in [0.15, 0.2) is 0 Å². The zero-order valence-electron chi connectivity index (χ0n) is 12.3. The lowest BCUT2D eigenvalue weighted by molar-refractivity contribution is 0.249. The monoisotopic (exact) mass is 371 g/mol. The Hall–Kier alpha value is -1.62. The third-order valence-electron chi connectivity index (χ3n) is 3.00. The third kappa shape index (κ3) is 5.82. The number of rotatable bonds is 4. The van der Waals surface area contributed by atoms with Gasteiger partial charge < -0.3 is 16.0 Å². The van der Waals surface area contributed by atoms with E-state index in [0.29, 0.717) is 5.69 Å². The van der Waals surface area contributed by atoms with Crippen molar-refractivity contribution in [3.05, 3.63) is 60.2 Å². The number of amides is 2. The van der Waals surface area contributed by atoms with Crippen LogP contribution in [0.3, 0.4) is 0 Å². The van der Waals surface area contributed by atoms with Gasteiger partial charge >= 0.3 is 6.03 Å². The second-order valence-electron chi connectivity index (χ2n) is 4.95. The van der Waals surface area contributed by atoms with Crippen LogP contribution in [0.4, 0.5) is 16.2 Å². The standard InChI is InChI=1S/C16H16Cl3N3O/c1-11-7-9-13(10-8-11)20-14(16(17,18)19)22-15(23)21-12-5-3-2-4-6-12/h2-10,14,20H,1H3,(H2,21,22,23)/t14-/m1/s1. The lowest BCUT2D eigenvalue weighted by Crippen LogP contribution is -2.50. The van der Waals surface area contributed by atoms with Crippen molar-refractivity contribution in [1.82, 2.24) is 5.32 Å². The van der Waals surface area contributed by atoms with Crippen molar-refractivity contribution in [2.45, 2.75) is 16.9 Å². The van der Waals surface area contributed by atoms with E-state index in [9.17, 15) is 4.79 Å².